The summed E-state index contributed by atoms with van der Waals surface area (Å²) in [6, 6.07) is 24.2. The third-order valence-electron chi connectivity index (χ3n) is 11.1. The van der Waals surface area contributed by atoms with E-state index in [0.717, 1.165) is 28.7 Å². The van der Waals surface area contributed by atoms with Gasteiger partial charge in [-0.15, -0.1) is 5.10 Å². The Labute approximate surface area is 395 Å². The smallest absolute Gasteiger partial charge is 0.435 e. The maximum absolute atomic E-state index is 15.7. The lowest BCUT2D eigenvalue weighted by molar-refractivity contribution is -0.157. The summed E-state index contributed by atoms with van der Waals surface area (Å²) in [6.45, 7) is 22.8. The topological polar surface area (TPSA) is 151 Å². The van der Waals surface area contributed by atoms with E-state index in [1.807, 2.05) is 72.2 Å². The Morgan fingerprint density at radius 2 is 1.19 bits per heavy atom. The van der Waals surface area contributed by atoms with Gasteiger partial charge in [0.25, 0.3) is 0 Å². The van der Waals surface area contributed by atoms with Crippen molar-refractivity contribution in [1.29, 1.82) is 0 Å². The summed E-state index contributed by atoms with van der Waals surface area (Å²) in [4.78, 5) is 62.3. The Bertz CT molecular complexity index is 2300. The van der Waals surface area contributed by atoms with Crippen LogP contribution in [0.4, 0.5) is 25.0 Å². The summed E-state index contributed by atoms with van der Waals surface area (Å²) in [5, 5.41) is 4.82. The molecule has 3 aromatic carbocycles. The maximum atomic E-state index is 15.7. The molecule has 2 aliphatic rings. The van der Waals surface area contributed by atoms with Gasteiger partial charge >= 0.3 is 24.3 Å². The number of hydrogen-bond acceptors (Lipinski definition) is 11. The Morgan fingerprint density at radius 3 is 1.70 bits per heavy atom. The predicted octanol–water partition coefficient (Wildman–Crippen LogP) is 10.7. The number of benzene rings is 3. The van der Waals surface area contributed by atoms with Crippen LogP contribution in [0.2, 0.25) is 0 Å². The van der Waals surface area contributed by atoms with Crippen molar-refractivity contribution in [3.63, 3.8) is 0 Å². The highest BCUT2D eigenvalue weighted by molar-refractivity contribution is 6.14. The first-order valence-corrected chi connectivity index (χ1v) is 23.5. The van der Waals surface area contributed by atoms with E-state index in [2.05, 4.69) is 24.2 Å². The number of fused-ring (bicyclic) bond motifs is 2. The summed E-state index contributed by atoms with van der Waals surface area (Å²) in [5.41, 5.74) is -0.00220. The van der Waals surface area contributed by atoms with Gasteiger partial charge in [-0.3, -0.25) is 0 Å². The minimum Gasteiger partial charge on any atom is -0.443 e. The molecule has 2 aliphatic heterocycles. The lowest BCUT2D eigenvalue weighted by atomic mass is 9.91. The molecule has 0 spiro atoms. The summed E-state index contributed by atoms with van der Waals surface area (Å²) < 4.78 is 38.1. The van der Waals surface area contributed by atoms with E-state index >= 15 is 4.79 Å². The second-order valence-electron chi connectivity index (χ2n) is 20.9. The van der Waals surface area contributed by atoms with Crippen molar-refractivity contribution in [3.05, 3.63) is 95.6 Å². The molecule has 4 atom stereocenters. The molecule has 0 N–H and O–H groups in total. The largest absolute Gasteiger partial charge is 0.443 e. The molecule has 2 fully saturated rings. The second kappa shape index (κ2) is 20.8. The van der Waals surface area contributed by atoms with Crippen LogP contribution >= 0.6 is 0 Å². The number of imide groups is 1. The highest BCUT2D eigenvalue weighted by atomic mass is 16.8. The van der Waals surface area contributed by atoms with Crippen molar-refractivity contribution in [3.8, 4) is 0 Å². The summed E-state index contributed by atoms with van der Waals surface area (Å²) in [6.07, 6.45) is -0.446. The van der Waals surface area contributed by atoms with Gasteiger partial charge in [0.05, 0.1) is 17.6 Å². The number of unbranched alkanes of at least 4 members (excludes halogenated alkanes) is 1. The second-order valence-corrected chi connectivity index (χ2v) is 20.9. The van der Waals surface area contributed by atoms with Gasteiger partial charge in [0.2, 0.25) is 0 Å². The van der Waals surface area contributed by atoms with Gasteiger partial charge in [0.15, 0.2) is 11.6 Å². The quantitative estimate of drug-likeness (QED) is 0.0878. The van der Waals surface area contributed by atoms with Crippen molar-refractivity contribution in [2.24, 2.45) is 0 Å². The van der Waals surface area contributed by atoms with Crippen LogP contribution in [-0.2, 0) is 47.8 Å². The molecule has 364 valence electrons. The molecule has 3 heterocycles. The van der Waals surface area contributed by atoms with Crippen LogP contribution in [0.1, 0.15) is 119 Å². The number of ether oxygens (including phenoxy) is 6. The first-order chi connectivity index (χ1) is 31.4. The van der Waals surface area contributed by atoms with E-state index in [1.165, 1.54) is 0 Å². The SMILES string of the molecule is CCCCOCCCN1C(=O)N(Cc2ccc3c(c2)c(N(C(=O)OC(C)(C)C)C(=O)OC(C)(C)C)nn3C(=O)OC(C)(C)C)[C@H](Cc2ccccc2)[C@@H]2OC(C)(C)O[C@H]2[C@H]1Cc1ccccc1. The number of amides is 4. The van der Waals surface area contributed by atoms with Gasteiger partial charge in [-0.25, -0.2) is 19.2 Å². The molecule has 1 aromatic heterocycles. The van der Waals surface area contributed by atoms with E-state index in [-0.39, 0.29) is 29.3 Å². The first kappa shape index (κ1) is 50.9. The predicted molar refractivity (Wildman–Crippen MR) is 256 cm³/mol. The van der Waals surface area contributed by atoms with Crippen molar-refractivity contribution in [2.75, 3.05) is 24.7 Å². The molecule has 4 amide bonds. The van der Waals surface area contributed by atoms with Crippen molar-refractivity contribution >= 4 is 41.0 Å². The monoisotopic (exact) mass is 926 g/mol. The van der Waals surface area contributed by atoms with Crippen LogP contribution in [0.5, 0.6) is 0 Å². The van der Waals surface area contributed by atoms with E-state index in [0.29, 0.717) is 49.5 Å². The Balaban J connectivity index is 1.52. The molecule has 15 heteroatoms. The van der Waals surface area contributed by atoms with Gasteiger partial charge < -0.3 is 38.2 Å². The van der Waals surface area contributed by atoms with Gasteiger partial charge in [-0.05, 0) is 131 Å². The molecule has 2 saturated heterocycles. The van der Waals surface area contributed by atoms with Crippen molar-refractivity contribution in [1.82, 2.24) is 19.6 Å². The molecule has 0 bridgehead atoms. The van der Waals surface area contributed by atoms with Gasteiger partial charge in [-0.1, -0.05) is 80.1 Å². The number of anilines is 1. The molecular weight excluding hydrogens is 855 g/mol. The van der Waals surface area contributed by atoms with Crippen LogP contribution in [0.25, 0.3) is 10.9 Å². The number of carbonyl (C=O) groups is 4. The summed E-state index contributed by atoms with van der Waals surface area (Å²) >= 11 is 0. The van der Waals surface area contributed by atoms with E-state index in [9.17, 15) is 14.4 Å². The zero-order chi connectivity index (χ0) is 48.9. The van der Waals surface area contributed by atoms with E-state index in [4.69, 9.17) is 28.4 Å². The van der Waals surface area contributed by atoms with E-state index < -0.39 is 65.2 Å². The van der Waals surface area contributed by atoms with Crippen molar-refractivity contribution in [2.45, 2.75) is 169 Å². The van der Waals surface area contributed by atoms with Gasteiger partial charge in [-0.2, -0.15) is 9.58 Å². The standard InChI is InChI=1S/C52H71N5O10/c1-13-14-29-62-30-21-28-54-40(32-35-22-17-15-18-23-35)42-43(64-52(11,12)63-42)41(33-36-24-19-16-20-25-36)55(45(54)58)34-37-26-27-39-38(31-37)44(53-57(39)48(61)67-51(8,9)10)56(46(59)65-49(2,3)4)47(60)66-50(5,6)7/h15-20,22-27,31,40-43H,13-14,21,28-30,32-34H2,1-12H3/t40-,41-,42+,43+/m1/s1. The molecular formula is C52H71N5O10. The molecule has 67 heavy (non-hydrogen) atoms. The number of aromatic nitrogens is 2. The summed E-state index contributed by atoms with van der Waals surface area (Å²) in [5.74, 6) is -1.17. The van der Waals surface area contributed by atoms with Gasteiger partial charge in [0, 0.05) is 31.7 Å². The van der Waals surface area contributed by atoms with Crippen LogP contribution in [-0.4, -0.2) is 111 Å². The fourth-order valence-electron chi connectivity index (χ4n) is 8.43. The molecule has 0 saturated carbocycles. The number of nitrogens with zero attached hydrogens (tertiary/aromatic N) is 5. The van der Waals surface area contributed by atoms with Crippen LogP contribution < -0.4 is 4.90 Å². The number of urea groups is 1. The zero-order valence-electron chi connectivity index (χ0n) is 41.5. The third-order valence-corrected chi connectivity index (χ3v) is 11.1. The van der Waals surface area contributed by atoms with Crippen LogP contribution in [0, 0.1) is 0 Å². The molecule has 0 aliphatic carbocycles. The van der Waals surface area contributed by atoms with Gasteiger partial charge in [0.1, 0.15) is 29.0 Å². The third kappa shape index (κ3) is 13.4. The Kier molecular flexibility index (Phi) is 15.8. The average molecular weight is 926 g/mol. The number of hydrogen-bond donors (Lipinski definition) is 0. The molecule has 0 radical (unpaired) electrons. The highest BCUT2D eigenvalue weighted by Crippen LogP contribution is 2.41. The normalized spacial score (nSPS) is 19.8. The highest BCUT2D eigenvalue weighted by Gasteiger charge is 2.55. The lowest BCUT2D eigenvalue weighted by Gasteiger charge is -2.37. The molecule has 15 nitrogen and oxygen atoms in total. The van der Waals surface area contributed by atoms with Crippen molar-refractivity contribution < 1.29 is 47.6 Å². The lowest BCUT2D eigenvalue weighted by Crippen LogP contribution is -2.52. The number of rotatable bonds is 14. The molecule has 0 unspecified atom stereocenters. The maximum Gasteiger partial charge on any atom is 0.435 e. The average Bonchev–Trinajstić information content (AvgIpc) is 3.74. The summed E-state index contributed by atoms with van der Waals surface area (Å²) in [7, 11) is 0. The number of carbonyl (C=O) groups excluding carboxylic acids is 4. The van der Waals surface area contributed by atoms with Crippen LogP contribution in [0.15, 0.2) is 78.9 Å². The fraction of sp³-hybridized carbons (Fsp3) is 0.558. The first-order valence-electron chi connectivity index (χ1n) is 23.5. The minimum atomic E-state index is -1.06. The van der Waals surface area contributed by atoms with Crippen LogP contribution in [0.3, 0.4) is 0 Å². The zero-order valence-corrected chi connectivity index (χ0v) is 41.5. The molecule has 4 aromatic rings. The Morgan fingerprint density at radius 1 is 0.687 bits per heavy atom. The Hall–Kier alpha value is -5.51. The fourth-order valence-corrected chi connectivity index (χ4v) is 8.43. The minimum absolute atomic E-state index is 0.0662. The molecule has 6 rings (SSSR count). The van der Waals surface area contributed by atoms with E-state index in [1.54, 1.807) is 80.5 Å².